The van der Waals surface area contributed by atoms with Crippen molar-refractivity contribution >= 4 is 27.5 Å². The van der Waals surface area contributed by atoms with Gasteiger partial charge in [0.25, 0.3) is 5.91 Å². The van der Waals surface area contributed by atoms with E-state index in [0.717, 1.165) is 16.0 Å². The fourth-order valence-corrected chi connectivity index (χ4v) is 4.07. The first-order chi connectivity index (χ1) is 13.3. The van der Waals surface area contributed by atoms with Crippen LogP contribution < -0.4 is 9.54 Å². The molecule has 0 saturated carbocycles. The lowest BCUT2D eigenvalue weighted by atomic mass is 9.87. The summed E-state index contributed by atoms with van der Waals surface area (Å²) in [5.74, 6) is 0.546. The summed E-state index contributed by atoms with van der Waals surface area (Å²) in [6.45, 7) is 13.4. The molecule has 1 amide bonds. The van der Waals surface area contributed by atoms with Crippen LogP contribution >= 0.6 is 11.3 Å². The monoisotopic (exact) mass is 394 g/mol. The Morgan fingerprint density at radius 1 is 1.21 bits per heavy atom. The van der Waals surface area contributed by atoms with Gasteiger partial charge in [0.15, 0.2) is 4.80 Å². The molecule has 0 fully saturated rings. The Morgan fingerprint density at radius 3 is 2.54 bits per heavy atom. The summed E-state index contributed by atoms with van der Waals surface area (Å²) >= 11 is 1.48. The normalized spacial score (nSPS) is 12.4. The Morgan fingerprint density at radius 2 is 1.93 bits per heavy atom. The van der Waals surface area contributed by atoms with Crippen LogP contribution in [0.4, 0.5) is 0 Å². The average molecular weight is 395 g/mol. The first kappa shape index (κ1) is 20.1. The van der Waals surface area contributed by atoms with E-state index in [4.69, 9.17) is 4.74 Å². The molecule has 0 bridgehead atoms. The van der Waals surface area contributed by atoms with Crippen LogP contribution in [0, 0.1) is 0 Å². The first-order valence-corrected chi connectivity index (χ1v) is 10.2. The number of aromatic nitrogens is 1. The van der Waals surface area contributed by atoms with Crippen molar-refractivity contribution in [3.05, 3.63) is 71.0 Å². The van der Waals surface area contributed by atoms with Crippen LogP contribution in [0.25, 0.3) is 10.2 Å². The van der Waals surface area contributed by atoms with Gasteiger partial charge in [-0.15, -0.1) is 6.58 Å². The average Bonchev–Trinajstić information content (AvgIpc) is 3.00. The van der Waals surface area contributed by atoms with Gasteiger partial charge >= 0.3 is 0 Å². The quantitative estimate of drug-likeness (QED) is 0.549. The topological polar surface area (TPSA) is 43.6 Å². The molecular weight excluding hydrogens is 368 g/mol. The number of thiazole rings is 1. The molecule has 0 aliphatic carbocycles. The summed E-state index contributed by atoms with van der Waals surface area (Å²) in [5, 5.41) is 0. The molecule has 2 aromatic carbocycles. The second kappa shape index (κ2) is 8.15. The molecule has 0 atom stereocenters. The van der Waals surface area contributed by atoms with Gasteiger partial charge in [-0.2, -0.15) is 4.99 Å². The standard InChI is InChI=1S/C23H26N2O2S/c1-6-15-25-20-18(27-7-2)9-8-10-19(20)28-22(25)24-21(26)16-11-13-17(14-12-16)23(3,4)5/h6,8-14H,1,7,15H2,2-5H3. The van der Waals surface area contributed by atoms with Crippen LogP contribution in [-0.4, -0.2) is 17.1 Å². The van der Waals surface area contributed by atoms with E-state index in [2.05, 4.69) is 32.3 Å². The number of amides is 1. The van der Waals surface area contributed by atoms with Crippen molar-refractivity contribution in [2.75, 3.05) is 6.61 Å². The Bertz CT molecular complexity index is 1070. The second-order valence-electron chi connectivity index (χ2n) is 7.56. The summed E-state index contributed by atoms with van der Waals surface area (Å²) in [7, 11) is 0. The lowest BCUT2D eigenvalue weighted by Gasteiger charge is -2.18. The molecule has 1 heterocycles. The summed E-state index contributed by atoms with van der Waals surface area (Å²) < 4.78 is 8.79. The third kappa shape index (κ3) is 4.09. The molecule has 0 aliphatic rings. The van der Waals surface area contributed by atoms with E-state index in [0.29, 0.717) is 23.5 Å². The molecule has 0 aliphatic heterocycles. The van der Waals surface area contributed by atoms with Crippen molar-refractivity contribution in [1.29, 1.82) is 0 Å². The highest BCUT2D eigenvalue weighted by molar-refractivity contribution is 7.16. The molecule has 146 valence electrons. The van der Waals surface area contributed by atoms with Crippen molar-refractivity contribution in [3.8, 4) is 5.75 Å². The Kier molecular flexibility index (Phi) is 5.84. The fraction of sp³-hybridized carbons (Fsp3) is 0.304. The molecule has 1 aromatic heterocycles. The number of ether oxygens (including phenoxy) is 1. The van der Waals surface area contributed by atoms with Crippen molar-refractivity contribution < 1.29 is 9.53 Å². The number of allylic oxidation sites excluding steroid dienone is 1. The second-order valence-corrected chi connectivity index (χ2v) is 8.57. The van der Waals surface area contributed by atoms with E-state index in [1.54, 1.807) is 6.08 Å². The fourth-order valence-electron chi connectivity index (χ4n) is 3.02. The smallest absolute Gasteiger partial charge is 0.279 e. The molecule has 0 radical (unpaired) electrons. The third-order valence-corrected chi connectivity index (χ3v) is 5.51. The van der Waals surface area contributed by atoms with E-state index in [1.165, 1.54) is 16.9 Å². The summed E-state index contributed by atoms with van der Waals surface area (Å²) in [4.78, 5) is 17.9. The number of benzene rings is 2. The van der Waals surface area contributed by atoms with Crippen LogP contribution in [0.2, 0.25) is 0 Å². The van der Waals surface area contributed by atoms with Gasteiger partial charge in [-0.05, 0) is 42.2 Å². The largest absolute Gasteiger partial charge is 0.492 e. The number of carbonyl (C=O) groups excluding carboxylic acids is 1. The minimum absolute atomic E-state index is 0.0485. The lowest BCUT2D eigenvalue weighted by molar-refractivity contribution is 0.0998. The van der Waals surface area contributed by atoms with Crippen molar-refractivity contribution in [2.24, 2.45) is 4.99 Å². The Balaban J connectivity index is 2.08. The predicted molar refractivity (Wildman–Crippen MR) is 116 cm³/mol. The van der Waals surface area contributed by atoms with Crippen LogP contribution in [0.3, 0.4) is 0 Å². The van der Waals surface area contributed by atoms with Crippen molar-refractivity contribution in [3.63, 3.8) is 0 Å². The van der Waals surface area contributed by atoms with Gasteiger partial charge in [-0.1, -0.05) is 56.4 Å². The highest BCUT2D eigenvalue weighted by Crippen LogP contribution is 2.28. The van der Waals surface area contributed by atoms with Crippen LogP contribution in [0.5, 0.6) is 5.75 Å². The van der Waals surface area contributed by atoms with E-state index in [-0.39, 0.29) is 11.3 Å². The maximum atomic E-state index is 12.8. The molecule has 4 nitrogen and oxygen atoms in total. The Labute approximate surface area is 169 Å². The van der Waals surface area contributed by atoms with Gasteiger partial charge < -0.3 is 9.30 Å². The van der Waals surface area contributed by atoms with Gasteiger partial charge in [-0.25, -0.2) is 0 Å². The highest BCUT2D eigenvalue weighted by atomic mass is 32.1. The molecule has 5 heteroatoms. The minimum atomic E-state index is -0.247. The maximum absolute atomic E-state index is 12.8. The molecule has 3 rings (SSSR count). The zero-order valence-corrected chi connectivity index (χ0v) is 17.7. The van der Waals surface area contributed by atoms with Gasteiger partial charge in [0.2, 0.25) is 0 Å². The molecule has 0 N–H and O–H groups in total. The van der Waals surface area contributed by atoms with E-state index >= 15 is 0 Å². The lowest BCUT2D eigenvalue weighted by Crippen LogP contribution is -2.17. The Hall–Kier alpha value is -2.66. The zero-order valence-electron chi connectivity index (χ0n) is 16.9. The molecule has 0 saturated heterocycles. The summed E-state index contributed by atoms with van der Waals surface area (Å²) in [5.41, 5.74) is 2.77. The zero-order chi connectivity index (χ0) is 20.3. The molecule has 0 spiro atoms. The third-order valence-electron chi connectivity index (χ3n) is 4.47. The number of nitrogens with zero attached hydrogens (tertiary/aromatic N) is 2. The summed E-state index contributed by atoms with van der Waals surface area (Å²) in [6.07, 6.45) is 1.80. The summed E-state index contributed by atoms with van der Waals surface area (Å²) in [6, 6.07) is 13.6. The van der Waals surface area contributed by atoms with Gasteiger partial charge in [-0.3, -0.25) is 4.79 Å². The van der Waals surface area contributed by atoms with E-state index < -0.39 is 0 Å². The van der Waals surface area contributed by atoms with E-state index in [1.807, 2.05) is 54.0 Å². The number of fused-ring (bicyclic) bond motifs is 1. The van der Waals surface area contributed by atoms with Gasteiger partial charge in [0.05, 0.1) is 11.3 Å². The molecule has 0 unspecified atom stereocenters. The number of hydrogen-bond donors (Lipinski definition) is 0. The van der Waals surface area contributed by atoms with Crippen LogP contribution in [0.15, 0.2) is 60.1 Å². The molecular formula is C23H26N2O2S. The van der Waals surface area contributed by atoms with Gasteiger partial charge in [0, 0.05) is 12.1 Å². The van der Waals surface area contributed by atoms with Gasteiger partial charge in [0.1, 0.15) is 11.3 Å². The highest BCUT2D eigenvalue weighted by Gasteiger charge is 2.15. The van der Waals surface area contributed by atoms with Crippen LogP contribution in [-0.2, 0) is 12.0 Å². The predicted octanol–water partition coefficient (Wildman–Crippen LogP) is 5.33. The van der Waals surface area contributed by atoms with Crippen LogP contribution in [0.1, 0.15) is 43.6 Å². The molecule has 28 heavy (non-hydrogen) atoms. The maximum Gasteiger partial charge on any atom is 0.279 e. The number of para-hydroxylation sites is 1. The number of hydrogen-bond acceptors (Lipinski definition) is 3. The number of rotatable bonds is 5. The SMILES string of the molecule is C=CCn1c(=NC(=O)c2ccc(C(C)(C)C)cc2)sc2cccc(OCC)c21. The van der Waals surface area contributed by atoms with Crippen molar-refractivity contribution in [1.82, 2.24) is 4.57 Å². The van der Waals surface area contributed by atoms with E-state index in [9.17, 15) is 4.79 Å². The minimum Gasteiger partial charge on any atom is -0.492 e. The van der Waals surface area contributed by atoms with Crippen molar-refractivity contribution in [2.45, 2.75) is 39.7 Å². The number of carbonyl (C=O) groups is 1. The first-order valence-electron chi connectivity index (χ1n) is 9.40. The molecule has 3 aromatic rings.